The number of imidazole rings is 1. The van der Waals surface area contributed by atoms with Crippen molar-refractivity contribution < 1.29 is 31.1 Å². The highest BCUT2D eigenvalue weighted by atomic mass is 32.1. The van der Waals surface area contributed by atoms with Crippen LogP contribution in [-0.4, -0.2) is 82.0 Å². The van der Waals surface area contributed by atoms with Crippen LogP contribution in [0.25, 0.3) is 21.8 Å². The maximum atomic E-state index is 2.55. The second-order valence-electron chi connectivity index (χ2n) is 36.2. The van der Waals surface area contributed by atoms with Gasteiger partial charge in [-0.05, 0) is 227 Å². The van der Waals surface area contributed by atoms with Gasteiger partial charge < -0.3 is 13.4 Å². The Balaban J connectivity index is 0.000000186. The smallest absolute Gasteiger partial charge is 0.256 e. The molecule has 562 valence electrons. The minimum atomic E-state index is 0.503. The summed E-state index contributed by atoms with van der Waals surface area (Å²) in [6, 6.07) is 38.4. The van der Waals surface area contributed by atoms with Crippen molar-refractivity contribution in [3.8, 4) is 0 Å². The van der Waals surface area contributed by atoms with E-state index in [1.807, 2.05) is 11.5 Å². The van der Waals surface area contributed by atoms with Crippen molar-refractivity contribution in [2.45, 2.75) is 343 Å². The number of pyridine rings is 2. The average molecular weight is 1410 g/mol. The van der Waals surface area contributed by atoms with Crippen LogP contribution in [0, 0.1) is 23.2 Å². The Hall–Kier alpha value is -4.80. The van der Waals surface area contributed by atoms with Crippen LogP contribution in [0.5, 0.6) is 0 Å². The third kappa shape index (κ3) is 21.7. The first kappa shape index (κ1) is 85.1. The van der Waals surface area contributed by atoms with Gasteiger partial charge in [-0.25, -0.2) is 9.13 Å². The molecule has 101 heavy (non-hydrogen) atoms. The lowest BCUT2D eigenvalue weighted by atomic mass is 9.65. The van der Waals surface area contributed by atoms with Gasteiger partial charge in [0.25, 0.3) is 5.82 Å². The molecule has 0 N–H and O–H groups in total. The second-order valence-corrected chi connectivity index (χ2v) is 37.3. The Morgan fingerprint density at radius 2 is 1.04 bits per heavy atom. The van der Waals surface area contributed by atoms with Crippen LogP contribution in [0.15, 0.2) is 116 Å². The first-order valence-corrected chi connectivity index (χ1v) is 41.9. The highest BCUT2D eigenvalue weighted by Crippen LogP contribution is 2.48. The van der Waals surface area contributed by atoms with E-state index >= 15 is 0 Å². The zero-order valence-electron chi connectivity index (χ0n) is 70.6. The van der Waals surface area contributed by atoms with Gasteiger partial charge in [0.15, 0.2) is 36.7 Å². The van der Waals surface area contributed by atoms with E-state index in [-0.39, 0.29) is 0 Å². The number of quaternary nitrogens is 3. The summed E-state index contributed by atoms with van der Waals surface area (Å²) < 4.78 is 15.9. The van der Waals surface area contributed by atoms with Gasteiger partial charge in [-0.15, -0.1) is 3.96 Å². The highest BCUT2D eigenvalue weighted by molar-refractivity contribution is 7.01. The lowest BCUT2D eigenvalue weighted by Crippen LogP contribution is -2.65. The van der Waals surface area contributed by atoms with Crippen molar-refractivity contribution in [3.05, 3.63) is 154 Å². The number of piperidine rings is 3. The Morgan fingerprint density at radius 3 is 1.50 bits per heavy atom. The molecule has 12 rings (SSSR count). The number of aromatic nitrogens is 5. The van der Waals surface area contributed by atoms with Crippen molar-refractivity contribution in [1.82, 2.24) is 4.57 Å². The molecule has 5 aliphatic heterocycles. The number of rotatable bonds is 14. The monoisotopic (exact) mass is 1400 g/mol. The number of hydrogen-bond acceptors (Lipinski definition) is 1. The van der Waals surface area contributed by atoms with Crippen molar-refractivity contribution >= 4 is 33.3 Å². The largest absolute Gasteiger partial charge is 0.324 e. The molecule has 9 heteroatoms. The molecular formula is C92H155N8S+7. The van der Waals surface area contributed by atoms with E-state index in [0.717, 1.165) is 29.8 Å². The molecule has 0 aliphatic carbocycles. The molecule has 0 saturated carbocycles. The van der Waals surface area contributed by atoms with E-state index in [1.54, 1.807) is 17.0 Å². The number of para-hydroxylation sites is 1. The van der Waals surface area contributed by atoms with Gasteiger partial charge in [0, 0.05) is 69.5 Å². The normalized spacial score (nSPS) is 20.8. The molecule has 3 fully saturated rings. The summed E-state index contributed by atoms with van der Waals surface area (Å²) in [4.78, 5) is 1.47. The van der Waals surface area contributed by atoms with Crippen molar-refractivity contribution in [3.63, 3.8) is 0 Å². The second kappa shape index (κ2) is 37.9. The molecule has 0 unspecified atom stereocenters. The van der Waals surface area contributed by atoms with Crippen LogP contribution in [0.2, 0.25) is 0 Å². The summed E-state index contributed by atoms with van der Waals surface area (Å²) in [5.41, 5.74) is 10.9. The molecule has 5 aliphatic rings. The topological polar surface area (TPSA) is 20.4 Å². The van der Waals surface area contributed by atoms with E-state index in [4.69, 9.17) is 0 Å². The minimum absolute atomic E-state index is 0.503. The third-order valence-electron chi connectivity index (χ3n) is 25.0. The molecule has 0 spiro atoms. The Labute approximate surface area is 625 Å². The number of nitrogens with zero attached hydrogens (tertiary/aromatic N) is 8. The standard InChI is InChI=1S/2C15H20N.C14H28N.C14H22N.C13H23N2.C12H26N.C9H16NS/c1-11(2)14-9-5-7-13-8-6-10-16(12(3)4)15(13)14;1-11(2)14-8-7-13-6-5-9-16(12(3)4)15(13)10-14;1-12(2)14-7-5-9-15(11-14,13(3)4)10-6-8-14;1-11(2)15(12(3)4)9-13-7-5-6-8-14(13)10-15;1-10(2)12-9-15(11(3)4)13-7-5-6-8-14(12)13;1-10(2)12-6-8-13(5,9-7-12)11(3)4;1-7(2)9-5-6-10(11-9)8(3)4/h2*5-12H,1-4H3;12-13H,5-11H2,1-4H3;5-8,11-12H,9-10H2,1-4H3;9-11H,5-8H2,1-4H3;10-12H,6-9H2,1-5H3;5-8H,1-4H3/q7*+1. The quantitative estimate of drug-likeness (QED) is 0.0764. The minimum Gasteiger partial charge on any atom is -0.324 e. The SMILES string of the molecule is CC(C)C12CCC[N+](C(C)C)(CCC1)C2.CC(C)C1CC[N+](C)(C(C)C)CC1.CC(C)[N+]1(C(C)C)Cc2ccccc2C1.CC(C)c1c[n+](C(C)C)c2n1CCCC2.CC(C)c1cc[n+](C(C)C)s1.CC(C)c1ccc2ccc[n+](C(C)C)c2c1.CC(C)c1cccc2ccc[n+](C(C)C)c12. The van der Waals surface area contributed by atoms with Gasteiger partial charge in [-0.3, -0.25) is 0 Å². The average Bonchev–Trinajstić information content (AvgIpc) is 1.48. The van der Waals surface area contributed by atoms with Crippen molar-refractivity contribution in [2.24, 2.45) is 23.2 Å². The van der Waals surface area contributed by atoms with Gasteiger partial charge in [0.1, 0.15) is 36.5 Å². The van der Waals surface area contributed by atoms with E-state index < -0.39 is 0 Å². The first-order chi connectivity index (χ1) is 47.4. The lowest BCUT2D eigenvalue weighted by Gasteiger charge is -2.57. The zero-order chi connectivity index (χ0) is 75.1. The molecule has 9 heterocycles. The Morgan fingerprint density at radius 1 is 0.485 bits per heavy atom. The van der Waals surface area contributed by atoms with Gasteiger partial charge >= 0.3 is 0 Å². The molecule has 0 radical (unpaired) electrons. The molecular weight excluding hydrogens is 1250 g/mol. The maximum Gasteiger partial charge on any atom is 0.256 e. The van der Waals surface area contributed by atoms with Crippen LogP contribution >= 0.6 is 11.5 Å². The van der Waals surface area contributed by atoms with Gasteiger partial charge in [-0.1, -0.05) is 126 Å². The van der Waals surface area contributed by atoms with Crippen LogP contribution in [0.3, 0.4) is 0 Å². The molecule has 7 aromatic rings. The fraction of sp³-hybridized carbons (Fsp3) is 0.674. The number of fused-ring (bicyclic) bond motifs is 6. The summed E-state index contributed by atoms with van der Waals surface area (Å²) >= 11 is 1.87. The van der Waals surface area contributed by atoms with Crippen LogP contribution < -0.4 is 17.7 Å². The fourth-order valence-electron chi connectivity index (χ4n) is 17.1. The predicted octanol–water partition coefficient (Wildman–Crippen LogP) is 22.9. The summed E-state index contributed by atoms with van der Waals surface area (Å²) in [6.45, 7) is 75.4. The maximum absolute atomic E-state index is 2.55. The number of benzene rings is 3. The first-order valence-electron chi connectivity index (χ1n) is 41.1. The fourth-order valence-corrected chi connectivity index (χ4v) is 18.0. The van der Waals surface area contributed by atoms with E-state index in [2.05, 4.69) is 339 Å². The summed E-state index contributed by atoms with van der Waals surface area (Å²) in [7, 11) is 2.42. The van der Waals surface area contributed by atoms with E-state index in [9.17, 15) is 0 Å². The molecule has 2 bridgehead atoms. The summed E-state index contributed by atoms with van der Waals surface area (Å²) in [5, 5.41) is 2.66. The molecule has 3 saturated heterocycles. The van der Waals surface area contributed by atoms with Gasteiger partial charge in [0.05, 0.1) is 81.4 Å². The van der Waals surface area contributed by atoms with Crippen molar-refractivity contribution in [1.29, 1.82) is 0 Å². The van der Waals surface area contributed by atoms with E-state index in [1.165, 1.54) is 167 Å². The van der Waals surface area contributed by atoms with Gasteiger partial charge in [-0.2, -0.15) is 9.13 Å². The number of likely N-dealkylation sites (tertiary alicyclic amines) is 1. The summed E-state index contributed by atoms with van der Waals surface area (Å²) in [6.07, 6.45) is 21.6. The predicted molar refractivity (Wildman–Crippen MR) is 437 cm³/mol. The van der Waals surface area contributed by atoms with Gasteiger partial charge in [0.2, 0.25) is 11.0 Å². The lowest BCUT2D eigenvalue weighted by molar-refractivity contribution is -0.985. The Kier molecular flexibility index (Phi) is 32.0. The summed E-state index contributed by atoms with van der Waals surface area (Å²) in [5.74, 6) is 6.77. The molecule has 4 aromatic heterocycles. The zero-order valence-corrected chi connectivity index (χ0v) is 71.5. The van der Waals surface area contributed by atoms with Crippen LogP contribution in [-0.2, 0) is 26.1 Å². The van der Waals surface area contributed by atoms with E-state index in [0.29, 0.717) is 65.3 Å². The molecule has 8 nitrogen and oxygen atoms in total. The molecule has 3 aromatic carbocycles. The van der Waals surface area contributed by atoms with Crippen LogP contribution in [0.1, 0.15) is 332 Å². The third-order valence-corrected chi connectivity index (χ3v) is 26.6. The highest BCUT2D eigenvalue weighted by Gasteiger charge is 2.51. The van der Waals surface area contributed by atoms with Crippen LogP contribution in [0.4, 0.5) is 0 Å². The number of hydrogen-bond donors (Lipinski definition) is 0. The van der Waals surface area contributed by atoms with Crippen molar-refractivity contribution in [2.75, 3.05) is 39.8 Å². The molecule has 0 amide bonds. The Bertz CT molecular complexity index is 3430. The molecule has 0 atom stereocenters.